The summed E-state index contributed by atoms with van der Waals surface area (Å²) in [5.41, 5.74) is 2.39. The molecule has 0 aliphatic carbocycles. The van der Waals surface area contributed by atoms with Crippen LogP contribution in [0.15, 0.2) is 34.3 Å². The van der Waals surface area contributed by atoms with Gasteiger partial charge in [0, 0.05) is 23.2 Å². The fourth-order valence-corrected chi connectivity index (χ4v) is 3.33. The Morgan fingerprint density at radius 3 is 2.86 bits per heavy atom. The first-order chi connectivity index (χ1) is 10.6. The maximum atomic E-state index is 11.0. The number of nitrogens with zero attached hydrogens (tertiary/aromatic N) is 3. The third kappa shape index (κ3) is 3.12. The van der Waals surface area contributed by atoms with Crippen LogP contribution in [-0.2, 0) is 6.61 Å². The zero-order valence-corrected chi connectivity index (χ0v) is 13.2. The molecular formula is C14H11N3O3S2. The second kappa shape index (κ2) is 6.20. The quantitative estimate of drug-likeness (QED) is 0.519. The molecule has 3 aromatic rings. The molecule has 0 aromatic carbocycles. The number of rotatable bonds is 5. The lowest BCUT2D eigenvalue weighted by Gasteiger charge is -2.04. The Morgan fingerprint density at radius 1 is 1.27 bits per heavy atom. The predicted molar refractivity (Wildman–Crippen MR) is 85.4 cm³/mol. The fourth-order valence-electron chi connectivity index (χ4n) is 1.82. The van der Waals surface area contributed by atoms with E-state index in [2.05, 4.69) is 9.97 Å². The molecule has 0 saturated heterocycles. The molecule has 112 valence electrons. The number of nitro groups is 1. The summed E-state index contributed by atoms with van der Waals surface area (Å²) in [4.78, 5) is 18.8. The molecule has 0 amide bonds. The van der Waals surface area contributed by atoms with Crippen molar-refractivity contribution in [1.82, 2.24) is 9.97 Å². The molecule has 0 radical (unpaired) electrons. The molecule has 3 rings (SSSR count). The van der Waals surface area contributed by atoms with Crippen molar-refractivity contribution in [2.24, 2.45) is 0 Å². The van der Waals surface area contributed by atoms with Gasteiger partial charge in [-0.15, -0.1) is 11.3 Å². The average Bonchev–Trinajstić information content (AvgIpc) is 3.16. The Morgan fingerprint density at radius 2 is 2.14 bits per heavy atom. The van der Waals surface area contributed by atoms with Crippen molar-refractivity contribution in [3.8, 4) is 16.3 Å². The standard InChI is InChI=1S/C14H11N3O3S2/c1-9-2-3-12(13(15-9)17(18)19)20-6-11-8-22-14(16-11)10-4-5-21-7-10/h2-5,7-8H,6H2,1H3. The molecule has 0 unspecified atom stereocenters. The highest BCUT2D eigenvalue weighted by molar-refractivity contribution is 7.14. The van der Waals surface area contributed by atoms with Crippen molar-refractivity contribution in [2.45, 2.75) is 13.5 Å². The number of aryl methyl sites for hydroxylation is 1. The van der Waals surface area contributed by atoms with Crippen LogP contribution in [0.4, 0.5) is 5.82 Å². The molecule has 8 heteroatoms. The lowest BCUT2D eigenvalue weighted by molar-refractivity contribution is -0.390. The summed E-state index contributed by atoms with van der Waals surface area (Å²) in [6.45, 7) is 1.87. The highest BCUT2D eigenvalue weighted by Crippen LogP contribution is 2.28. The van der Waals surface area contributed by atoms with Gasteiger partial charge in [-0.25, -0.2) is 4.98 Å². The number of pyridine rings is 1. The third-order valence-electron chi connectivity index (χ3n) is 2.85. The van der Waals surface area contributed by atoms with Crippen LogP contribution in [0.2, 0.25) is 0 Å². The van der Waals surface area contributed by atoms with Gasteiger partial charge >= 0.3 is 5.82 Å². The largest absolute Gasteiger partial charge is 0.479 e. The molecule has 0 atom stereocenters. The fraction of sp³-hybridized carbons (Fsp3) is 0.143. The van der Waals surface area contributed by atoms with E-state index in [9.17, 15) is 10.1 Å². The number of thiazole rings is 1. The van der Waals surface area contributed by atoms with Crippen LogP contribution in [0.1, 0.15) is 11.4 Å². The van der Waals surface area contributed by atoms with Crippen LogP contribution in [0, 0.1) is 17.0 Å². The molecule has 0 N–H and O–H groups in total. The second-order valence-electron chi connectivity index (χ2n) is 4.48. The number of ether oxygens (including phenoxy) is 1. The van der Waals surface area contributed by atoms with E-state index >= 15 is 0 Å². The normalized spacial score (nSPS) is 10.6. The van der Waals surface area contributed by atoms with Crippen molar-refractivity contribution >= 4 is 28.5 Å². The lowest BCUT2D eigenvalue weighted by atomic mass is 10.3. The zero-order valence-electron chi connectivity index (χ0n) is 11.6. The number of hydrogen-bond acceptors (Lipinski definition) is 7. The van der Waals surface area contributed by atoms with Crippen molar-refractivity contribution in [2.75, 3.05) is 0 Å². The summed E-state index contributed by atoms with van der Waals surface area (Å²) in [6, 6.07) is 5.25. The van der Waals surface area contributed by atoms with Gasteiger partial charge in [0.1, 0.15) is 17.3 Å². The minimum atomic E-state index is -0.542. The Hall–Kier alpha value is -2.32. The monoisotopic (exact) mass is 333 g/mol. The van der Waals surface area contributed by atoms with E-state index in [-0.39, 0.29) is 18.2 Å². The van der Waals surface area contributed by atoms with Crippen LogP contribution in [0.25, 0.3) is 10.6 Å². The SMILES string of the molecule is Cc1ccc(OCc2csc(-c3ccsc3)n2)c([N+](=O)[O-])n1. The van der Waals surface area contributed by atoms with Crippen LogP contribution >= 0.6 is 22.7 Å². The van der Waals surface area contributed by atoms with Crippen molar-refractivity contribution in [1.29, 1.82) is 0 Å². The van der Waals surface area contributed by atoms with Crippen LogP contribution in [-0.4, -0.2) is 14.9 Å². The van der Waals surface area contributed by atoms with E-state index in [1.165, 1.54) is 11.3 Å². The highest BCUT2D eigenvalue weighted by atomic mass is 32.1. The molecule has 0 aliphatic rings. The molecule has 22 heavy (non-hydrogen) atoms. The Kier molecular flexibility index (Phi) is 4.12. The minimum absolute atomic E-state index is 0.153. The Balaban J connectivity index is 1.74. The number of thiophene rings is 1. The summed E-state index contributed by atoms with van der Waals surface area (Å²) < 4.78 is 5.51. The molecule has 6 nitrogen and oxygen atoms in total. The summed E-state index contributed by atoms with van der Waals surface area (Å²) in [6.07, 6.45) is 0. The van der Waals surface area contributed by atoms with Gasteiger partial charge in [0.2, 0.25) is 5.75 Å². The number of hydrogen-bond donors (Lipinski definition) is 0. The molecule has 0 fully saturated rings. The first kappa shape index (κ1) is 14.6. The Labute approximate surface area is 134 Å². The van der Waals surface area contributed by atoms with E-state index in [4.69, 9.17) is 4.74 Å². The van der Waals surface area contributed by atoms with Gasteiger partial charge in [0.05, 0.1) is 5.69 Å². The van der Waals surface area contributed by atoms with Gasteiger partial charge < -0.3 is 14.9 Å². The van der Waals surface area contributed by atoms with E-state index in [1.807, 2.05) is 22.2 Å². The topological polar surface area (TPSA) is 78.2 Å². The van der Waals surface area contributed by atoms with Gasteiger partial charge in [0.25, 0.3) is 0 Å². The molecule has 0 bridgehead atoms. The third-order valence-corrected chi connectivity index (χ3v) is 4.47. The van der Waals surface area contributed by atoms with Crippen LogP contribution in [0.5, 0.6) is 5.75 Å². The first-order valence-corrected chi connectivity index (χ1v) is 8.17. The zero-order chi connectivity index (χ0) is 15.5. The second-order valence-corrected chi connectivity index (χ2v) is 6.11. The van der Waals surface area contributed by atoms with E-state index in [0.717, 1.165) is 16.3 Å². The summed E-state index contributed by atoms with van der Waals surface area (Å²) in [5, 5.41) is 17.8. The molecule has 0 saturated carbocycles. The van der Waals surface area contributed by atoms with Gasteiger partial charge in [-0.3, -0.25) is 0 Å². The predicted octanol–water partition coefficient (Wildman–Crippen LogP) is 4.06. The van der Waals surface area contributed by atoms with Gasteiger partial charge in [0.15, 0.2) is 0 Å². The molecule has 0 aliphatic heterocycles. The van der Waals surface area contributed by atoms with E-state index in [1.54, 1.807) is 30.4 Å². The van der Waals surface area contributed by atoms with Gasteiger partial charge in [-0.2, -0.15) is 11.3 Å². The summed E-state index contributed by atoms with van der Waals surface area (Å²) >= 11 is 3.13. The molecular weight excluding hydrogens is 322 g/mol. The van der Waals surface area contributed by atoms with Crippen molar-refractivity contribution < 1.29 is 9.66 Å². The van der Waals surface area contributed by atoms with Crippen molar-refractivity contribution in [3.63, 3.8) is 0 Å². The van der Waals surface area contributed by atoms with Crippen LogP contribution in [0.3, 0.4) is 0 Å². The lowest BCUT2D eigenvalue weighted by Crippen LogP contribution is -2.02. The summed E-state index contributed by atoms with van der Waals surface area (Å²) in [7, 11) is 0. The molecule has 0 spiro atoms. The maximum absolute atomic E-state index is 11.0. The number of aromatic nitrogens is 2. The van der Waals surface area contributed by atoms with Gasteiger partial charge in [-0.1, -0.05) is 0 Å². The maximum Gasteiger partial charge on any atom is 0.406 e. The smallest absolute Gasteiger partial charge is 0.406 e. The van der Waals surface area contributed by atoms with Crippen LogP contribution < -0.4 is 4.74 Å². The van der Waals surface area contributed by atoms with Crippen molar-refractivity contribution in [3.05, 3.63) is 55.8 Å². The van der Waals surface area contributed by atoms with E-state index < -0.39 is 4.92 Å². The highest BCUT2D eigenvalue weighted by Gasteiger charge is 2.18. The molecule has 3 heterocycles. The van der Waals surface area contributed by atoms with Gasteiger partial charge in [-0.05, 0) is 33.5 Å². The average molecular weight is 333 g/mol. The minimum Gasteiger partial charge on any atom is -0.479 e. The Bertz CT molecular complexity index is 800. The molecule has 3 aromatic heterocycles. The first-order valence-electron chi connectivity index (χ1n) is 6.35. The van der Waals surface area contributed by atoms with E-state index in [0.29, 0.717) is 5.69 Å². The summed E-state index contributed by atoms with van der Waals surface area (Å²) in [5.74, 6) is -0.117.